The fraction of sp³-hybridized carbons (Fsp3) is 0.211. The van der Waals surface area contributed by atoms with Crippen molar-refractivity contribution in [1.29, 1.82) is 0 Å². The minimum Gasteiger partial charge on any atom is -0.507 e. The third-order valence-corrected chi connectivity index (χ3v) is 3.73. The second-order valence-electron chi connectivity index (χ2n) is 6.02. The van der Waals surface area contributed by atoms with Gasteiger partial charge in [0.05, 0.1) is 0 Å². The number of phenols is 1. The lowest BCUT2D eigenvalue weighted by Crippen LogP contribution is -2.27. The Bertz CT molecular complexity index is 853. The third kappa shape index (κ3) is 2.75. The van der Waals surface area contributed by atoms with E-state index in [4.69, 9.17) is 0 Å². The summed E-state index contributed by atoms with van der Waals surface area (Å²) in [5, 5.41) is 16.9. The second-order valence-corrected chi connectivity index (χ2v) is 6.02. The molecule has 2 N–H and O–H groups in total. The van der Waals surface area contributed by atoms with Crippen molar-refractivity contribution in [3.05, 3.63) is 54.1 Å². The molecule has 0 saturated carbocycles. The molecule has 3 aromatic carbocycles. The molecule has 0 bridgehead atoms. The van der Waals surface area contributed by atoms with Gasteiger partial charge in [0, 0.05) is 17.5 Å². The maximum Gasteiger partial charge on any atom is 0.251 e. The van der Waals surface area contributed by atoms with Crippen LogP contribution in [0.3, 0.4) is 0 Å². The van der Waals surface area contributed by atoms with Crippen molar-refractivity contribution in [1.82, 2.24) is 5.32 Å². The molecule has 0 spiro atoms. The molecule has 0 radical (unpaired) electrons. The van der Waals surface area contributed by atoms with Crippen molar-refractivity contribution in [3.63, 3.8) is 0 Å². The molecule has 0 unspecified atom stereocenters. The Labute approximate surface area is 129 Å². The summed E-state index contributed by atoms with van der Waals surface area (Å²) in [7, 11) is 0. The highest BCUT2D eigenvalue weighted by molar-refractivity contribution is 6.05. The van der Waals surface area contributed by atoms with E-state index < -0.39 is 0 Å². The van der Waals surface area contributed by atoms with E-state index in [1.54, 1.807) is 0 Å². The number of hydrogen-bond donors (Lipinski definition) is 2. The topological polar surface area (TPSA) is 49.3 Å². The molecule has 0 atom stereocenters. The Morgan fingerprint density at radius 3 is 2.41 bits per heavy atom. The Hall–Kier alpha value is -2.55. The molecule has 0 aliphatic heterocycles. The van der Waals surface area contributed by atoms with Crippen molar-refractivity contribution in [3.8, 4) is 5.75 Å². The number of hydrogen-bond acceptors (Lipinski definition) is 2. The van der Waals surface area contributed by atoms with Crippen molar-refractivity contribution in [2.24, 2.45) is 5.92 Å². The largest absolute Gasteiger partial charge is 0.507 e. The zero-order chi connectivity index (χ0) is 15.7. The SMILES string of the molecule is CC(C)CNC(=O)c1cc(O)c2cc3ccccc3cc2c1. The highest BCUT2D eigenvalue weighted by Crippen LogP contribution is 2.30. The van der Waals surface area contributed by atoms with Crippen LogP contribution in [0.5, 0.6) is 5.75 Å². The van der Waals surface area contributed by atoms with Gasteiger partial charge < -0.3 is 10.4 Å². The molecule has 0 fully saturated rings. The Morgan fingerprint density at radius 1 is 1.05 bits per heavy atom. The van der Waals surface area contributed by atoms with Gasteiger partial charge in [-0.2, -0.15) is 0 Å². The Kier molecular flexibility index (Phi) is 3.72. The second kappa shape index (κ2) is 5.68. The van der Waals surface area contributed by atoms with Crippen LogP contribution in [0, 0.1) is 5.92 Å². The van der Waals surface area contributed by atoms with Gasteiger partial charge in [-0.25, -0.2) is 0 Å². The molecule has 0 aromatic heterocycles. The van der Waals surface area contributed by atoms with E-state index >= 15 is 0 Å². The fourth-order valence-electron chi connectivity index (χ4n) is 2.56. The summed E-state index contributed by atoms with van der Waals surface area (Å²) >= 11 is 0. The number of carbonyl (C=O) groups excluding carboxylic acids is 1. The summed E-state index contributed by atoms with van der Waals surface area (Å²) in [6.45, 7) is 4.71. The van der Waals surface area contributed by atoms with E-state index in [9.17, 15) is 9.90 Å². The van der Waals surface area contributed by atoms with Crippen LogP contribution in [0.25, 0.3) is 21.5 Å². The molecule has 3 heteroatoms. The molecule has 3 rings (SSSR count). The number of benzene rings is 3. The van der Waals surface area contributed by atoms with Crippen LogP contribution in [-0.2, 0) is 0 Å². The summed E-state index contributed by atoms with van der Waals surface area (Å²) in [5.41, 5.74) is 0.487. The number of nitrogens with one attached hydrogen (secondary N) is 1. The lowest BCUT2D eigenvalue weighted by Gasteiger charge is -2.10. The van der Waals surface area contributed by atoms with Crippen LogP contribution in [0.15, 0.2) is 48.5 Å². The number of fused-ring (bicyclic) bond motifs is 2. The number of carbonyl (C=O) groups is 1. The van der Waals surface area contributed by atoms with Crippen LogP contribution in [-0.4, -0.2) is 17.6 Å². The predicted octanol–water partition coefficient (Wildman–Crippen LogP) is 4.08. The summed E-state index contributed by atoms with van der Waals surface area (Å²) in [6.07, 6.45) is 0. The molecule has 3 nitrogen and oxygen atoms in total. The number of amides is 1. The quantitative estimate of drug-likeness (QED) is 0.715. The van der Waals surface area contributed by atoms with Gasteiger partial charge in [0.2, 0.25) is 0 Å². The van der Waals surface area contributed by atoms with Crippen LogP contribution in [0.4, 0.5) is 0 Å². The summed E-state index contributed by atoms with van der Waals surface area (Å²) in [6, 6.07) is 15.3. The molecular formula is C19H19NO2. The van der Waals surface area contributed by atoms with Crippen LogP contribution >= 0.6 is 0 Å². The first-order valence-electron chi connectivity index (χ1n) is 7.48. The summed E-state index contributed by atoms with van der Waals surface area (Å²) in [5.74, 6) is 0.374. The van der Waals surface area contributed by atoms with E-state index in [1.807, 2.05) is 56.3 Å². The molecule has 0 aliphatic carbocycles. The van der Waals surface area contributed by atoms with Gasteiger partial charge in [-0.05, 0) is 46.3 Å². The molecule has 3 aromatic rings. The Balaban J connectivity index is 2.07. The van der Waals surface area contributed by atoms with E-state index in [-0.39, 0.29) is 11.7 Å². The Morgan fingerprint density at radius 2 is 1.73 bits per heavy atom. The van der Waals surface area contributed by atoms with Gasteiger partial charge in [0.15, 0.2) is 0 Å². The van der Waals surface area contributed by atoms with E-state index in [0.29, 0.717) is 18.0 Å². The molecule has 112 valence electrons. The molecule has 0 heterocycles. The fourth-order valence-corrected chi connectivity index (χ4v) is 2.56. The predicted molar refractivity (Wildman–Crippen MR) is 90.3 cm³/mol. The minimum atomic E-state index is -0.154. The number of phenolic OH excluding ortho intramolecular Hbond substituents is 1. The molecule has 22 heavy (non-hydrogen) atoms. The van der Waals surface area contributed by atoms with Crippen molar-refractivity contribution in [2.45, 2.75) is 13.8 Å². The zero-order valence-corrected chi connectivity index (χ0v) is 12.8. The molecule has 0 aliphatic rings. The van der Waals surface area contributed by atoms with Gasteiger partial charge in [0.1, 0.15) is 5.75 Å². The van der Waals surface area contributed by atoms with E-state index in [1.165, 1.54) is 6.07 Å². The molecule has 0 saturated heterocycles. The third-order valence-electron chi connectivity index (χ3n) is 3.73. The van der Waals surface area contributed by atoms with Crippen molar-refractivity contribution < 1.29 is 9.90 Å². The van der Waals surface area contributed by atoms with Gasteiger partial charge in [-0.3, -0.25) is 4.79 Å². The van der Waals surface area contributed by atoms with E-state index in [2.05, 4.69) is 5.32 Å². The summed E-state index contributed by atoms with van der Waals surface area (Å²) < 4.78 is 0. The molecule has 1 amide bonds. The molecular weight excluding hydrogens is 274 g/mol. The summed E-state index contributed by atoms with van der Waals surface area (Å²) in [4.78, 5) is 12.2. The lowest BCUT2D eigenvalue weighted by atomic mass is 10.0. The first-order chi connectivity index (χ1) is 10.5. The van der Waals surface area contributed by atoms with Gasteiger partial charge in [-0.1, -0.05) is 38.1 Å². The maximum atomic E-state index is 12.2. The zero-order valence-electron chi connectivity index (χ0n) is 12.8. The lowest BCUT2D eigenvalue weighted by molar-refractivity contribution is 0.0949. The van der Waals surface area contributed by atoms with Crippen LogP contribution in [0.1, 0.15) is 24.2 Å². The smallest absolute Gasteiger partial charge is 0.251 e. The van der Waals surface area contributed by atoms with Crippen LogP contribution < -0.4 is 5.32 Å². The standard InChI is InChI=1S/C19H19NO2/c1-12(2)11-20-19(22)16-8-15-7-13-5-3-4-6-14(13)9-17(15)18(21)10-16/h3-10,12,21H,11H2,1-2H3,(H,20,22). The number of aromatic hydroxyl groups is 1. The van der Waals surface area contributed by atoms with Gasteiger partial charge in [-0.15, -0.1) is 0 Å². The van der Waals surface area contributed by atoms with Crippen molar-refractivity contribution in [2.75, 3.05) is 6.54 Å². The highest BCUT2D eigenvalue weighted by atomic mass is 16.3. The van der Waals surface area contributed by atoms with Gasteiger partial charge >= 0.3 is 0 Å². The van der Waals surface area contributed by atoms with Crippen LogP contribution in [0.2, 0.25) is 0 Å². The first kappa shape index (κ1) is 14.4. The average Bonchev–Trinajstić information content (AvgIpc) is 2.50. The van der Waals surface area contributed by atoms with Gasteiger partial charge in [0.25, 0.3) is 5.91 Å². The van der Waals surface area contributed by atoms with E-state index in [0.717, 1.165) is 21.5 Å². The van der Waals surface area contributed by atoms with Crippen molar-refractivity contribution >= 4 is 27.5 Å². The monoisotopic (exact) mass is 293 g/mol. The highest BCUT2D eigenvalue weighted by Gasteiger charge is 2.11. The average molecular weight is 293 g/mol. The number of rotatable bonds is 3. The maximum absolute atomic E-state index is 12.2. The minimum absolute atomic E-state index is 0.137. The normalized spacial score (nSPS) is 11.2. The first-order valence-corrected chi connectivity index (χ1v) is 7.48.